The lowest BCUT2D eigenvalue weighted by atomic mass is 10.0. The maximum Gasteiger partial charge on any atom is 0.158 e. The number of nitrogens with one attached hydrogen (secondary N) is 1. The Morgan fingerprint density at radius 3 is 2.94 bits per heavy atom. The van der Waals surface area contributed by atoms with E-state index in [0.29, 0.717) is 6.04 Å². The summed E-state index contributed by atoms with van der Waals surface area (Å²) in [5.74, 6) is 0. The molecule has 4 heteroatoms. The van der Waals surface area contributed by atoms with Crippen LogP contribution >= 0.6 is 0 Å². The van der Waals surface area contributed by atoms with E-state index in [1.54, 1.807) is 0 Å². The fraction of sp³-hybridized carbons (Fsp3) is 0.571. The standard InChI is InChI=1S/C14H20N4/c1-10-8-18-9-13(17-14(18)11(2)16-10)7-12-5-3-4-6-15-12/h8-9,12,15H,3-7H2,1-2H3/t12-/m0/s1. The van der Waals surface area contributed by atoms with Crippen LogP contribution in [0.5, 0.6) is 0 Å². The van der Waals surface area contributed by atoms with E-state index in [-0.39, 0.29) is 0 Å². The summed E-state index contributed by atoms with van der Waals surface area (Å²) in [7, 11) is 0. The van der Waals surface area contributed by atoms with Gasteiger partial charge >= 0.3 is 0 Å². The highest BCUT2D eigenvalue weighted by Gasteiger charge is 2.15. The van der Waals surface area contributed by atoms with E-state index in [1.807, 2.05) is 20.0 Å². The molecule has 1 atom stereocenters. The van der Waals surface area contributed by atoms with Crippen molar-refractivity contribution >= 4 is 5.65 Å². The summed E-state index contributed by atoms with van der Waals surface area (Å²) in [4.78, 5) is 9.17. The van der Waals surface area contributed by atoms with Crippen molar-refractivity contribution in [2.45, 2.75) is 45.6 Å². The molecule has 18 heavy (non-hydrogen) atoms. The molecule has 0 unspecified atom stereocenters. The van der Waals surface area contributed by atoms with Crippen molar-refractivity contribution < 1.29 is 0 Å². The molecule has 4 nitrogen and oxygen atoms in total. The van der Waals surface area contributed by atoms with E-state index in [4.69, 9.17) is 4.98 Å². The average molecular weight is 244 g/mol. The Morgan fingerprint density at radius 2 is 2.17 bits per heavy atom. The molecule has 96 valence electrons. The highest BCUT2D eigenvalue weighted by atomic mass is 15.0. The molecule has 0 aromatic carbocycles. The van der Waals surface area contributed by atoms with E-state index >= 15 is 0 Å². The van der Waals surface area contributed by atoms with Gasteiger partial charge in [-0.1, -0.05) is 6.42 Å². The molecule has 0 radical (unpaired) electrons. The number of rotatable bonds is 2. The Balaban J connectivity index is 1.86. The van der Waals surface area contributed by atoms with Gasteiger partial charge in [-0.3, -0.25) is 4.98 Å². The molecule has 3 rings (SSSR count). The van der Waals surface area contributed by atoms with Gasteiger partial charge in [0, 0.05) is 24.9 Å². The van der Waals surface area contributed by atoms with Gasteiger partial charge in [0.2, 0.25) is 0 Å². The van der Waals surface area contributed by atoms with Crippen molar-refractivity contribution in [1.82, 2.24) is 19.7 Å². The van der Waals surface area contributed by atoms with Crippen LogP contribution in [0.4, 0.5) is 0 Å². The van der Waals surface area contributed by atoms with Gasteiger partial charge in [0.05, 0.1) is 17.1 Å². The van der Waals surface area contributed by atoms with Crippen LogP contribution < -0.4 is 5.32 Å². The lowest BCUT2D eigenvalue weighted by Crippen LogP contribution is -2.35. The normalized spacial score (nSPS) is 20.4. The van der Waals surface area contributed by atoms with Gasteiger partial charge in [0.15, 0.2) is 5.65 Å². The summed E-state index contributed by atoms with van der Waals surface area (Å²) in [6.07, 6.45) is 9.14. The van der Waals surface area contributed by atoms with Crippen LogP contribution in [0.1, 0.15) is 36.3 Å². The minimum absolute atomic E-state index is 0.595. The minimum Gasteiger partial charge on any atom is -0.314 e. The second-order valence-corrected chi connectivity index (χ2v) is 5.28. The SMILES string of the molecule is Cc1cn2cc(C[C@@H]3CCCCN3)nc2c(C)n1. The molecule has 1 fully saturated rings. The van der Waals surface area contributed by atoms with Crippen LogP contribution in [0.2, 0.25) is 0 Å². The molecule has 1 saturated heterocycles. The molecule has 3 heterocycles. The zero-order valence-electron chi connectivity index (χ0n) is 11.1. The summed E-state index contributed by atoms with van der Waals surface area (Å²) in [5.41, 5.74) is 4.22. The highest BCUT2D eigenvalue weighted by Crippen LogP contribution is 2.14. The molecule has 2 aromatic heterocycles. The van der Waals surface area contributed by atoms with E-state index < -0.39 is 0 Å². The molecule has 0 saturated carbocycles. The molecular formula is C14H20N4. The van der Waals surface area contributed by atoms with E-state index in [2.05, 4.69) is 20.9 Å². The van der Waals surface area contributed by atoms with Crippen molar-refractivity contribution in [3.63, 3.8) is 0 Å². The van der Waals surface area contributed by atoms with Gasteiger partial charge < -0.3 is 9.72 Å². The van der Waals surface area contributed by atoms with E-state index in [9.17, 15) is 0 Å². The largest absolute Gasteiger partial charge is 0.314 e. The van der Waals surface area contributed by atoms with Crippen LogP contribution in [-0.4, -0.2) is 27.0 Å². The fourth-order valence-corrected chi connectivity index (χ4v) is 2.80. The van der Waals surface area contributed by atoms with Gasteiger partial charge in [0.1, 0.15) is 0 Å². The molecular weight excluding hydrogens is 224 g/mol. The Labute approximate surface area is 107 Å². The first-order valence-corrected chi connectivity index (χ1v) is 6.77. The monoisotopic (exact) mass is 244 g/mol. The van der Waals surface area contributed by atoms with Crippen LogP contribution in [0, 0.1) is 13.8 Å². The third-order valence-corrected chi connectivity index (χ3v) is 3.64. The lowest BCUT2D eigenvalue weighted by molar-refractivity contribution is 0.397. The number of aromatic nitrogens is 3. The first kappa shape index (κ1) is 11.7. The third kappa shape index (κ3) is 2.25. The van der Waals surface area contributed by atoms with Gasteiger partial charge in [-0.2, -0.15) is 0 Å². The summed E-state index contributed by atoms with van der Waals surface area (Å²) >= 11 is 0. The van der Waals surface area contributed by atoms with E-state index in [0.717, 1.165) is 30.0 Å². The average Bonchev–Trinajstić information content (AvgIpc) is 2.73. The first-order chi connectivity index (χ1) is 8.72. The zero-order valence-corrected chi connectivity index (χ0v) is 11.1. The van der Waals surface area contributed by atoms with Crippen molar-refractivity contribution in [2.75, 3.05) is 6.54 Å². The van der Waals surface area contributed by atoms with Crippen LogP contribution in [0.3, 0.4) is 0 Å². The molecule has 0 spiro atoms. The Morgan fingerprint density at radius 1 is 1.28 bits per heavy atom. The van der Waals surface area contributed by atoms with Gasteiger partial charge in [-0.05, 0) is 33.2 Å². The molecule has 1 N–H and O–H groups in total. The molecule has 1 aliphatic heterocycles. The highest BCUT2D eigenvalue weighted by molar-refractivity contribution is 5.45. The first-order valence-electron chi connectivity index (χ1n) is 6.77. The second-order valence-electron chi connectivity index (χ2n) is 5.28. The zero-order chi connectivity index (χ0) is 12.5. The molecule has 0 aliphatic carbocycles. The Bertz CT molecular complexity index is 552. The number of hydrogen-bond acceptors (Lipinski definition) is 3. The number of aryl methyl sites for hydroxylation is 2. The van der Waals surface area contributed by atoms with Crippen LogP contribution in [0.25, 0.3) is 5.65 Å². The number of piperidine rings is 1. The van der Waals surface area contributed by atoms with Gasteiger partial charge in [-0.25, -0.2) is 4.98 Å². The van der Waals surface area contributed by atoms with Crippen molar-refractivity contribution in [1.29, 1.82) is 0 Å². The summed E-state index contributed by atoms with van der Waals surface area (Å²) < 4.78 is 2.11. The van der Waals surface area contributed by atoms with Crippen molar-refractivity contribution in [3.8, 4) is 0 Å². The quantitative estimate of drug-likeness (QED) is 0.879. The second kappa shape index (κ2) is 4.69. The predicted molar refractivity (Wildman–Crippen MR) is 71.8 cm³/mol. The minimum atomic E-state index is 0.595. The maximum atomic E-state index is 4.71. The smallest absolute Gasteiger partial charge is 0.158 e. The number of fused-ring (bicyclic) bond motifs is 1. The topological polar surface area (TPSA) is 42.2 Å². The summed E-state index contributed by atoms with van der Waals surface area (Å²) in [5, 5.41) is 3.57. The fourth-order valence-electron chi connectivity index (χ4n) is 2.80. The van der Waals surface area contributed by atoms with Gasteiger partial charge in [-0.15, -0.1) is 0 Å². The summed E-state index contributed by atoms with van der Waals surface area (Å²) in [6.45, 7) is 5.20. The number of hydrogen-bond donors (Lipinski definition) is 1. The van der Waals surface area contributed by atoms with Crippen molar-refractivity contribution in [2.24, 2.45) is 0 Å². The Hall–Kier alpha value is -1.42. The summed E-state index contributed by atoms with van der Waals surface area (Å²) in [6, 6.07) is 0.595. The number of nitrogens with zero attached hydrogens (tertiary/aromatic N) is 3. The maximum absolute atomic E-state index is 4.71. The Kier molecular flexibility index (Phi) is 3.04. The number of imidazole rings is 1. The third-order valence-electron chi connectivity index (χ3n) is 3.64. The van der Waals surface area contributed by atoms with Crippen molar-refractivity contribution in [3.05, 3.63) is 29.5 Å². The lowest BCUT2D eigenvalue weighted by Gasteiger charge is -2.22. The van der Waals surface area contributed by atoms with Crippen LogP contribution in [-0.2, 0) is 6.42 Å². The molecule has 2 aromatic rings. The van der Waals surface area contributed by atoms with E-state index in [1.165, 1.54) is 25.0 Å². The molecule has 0 amide bonds. The molecule has 1 aliphatic rings. The predicted octanol–water partition coefficient (Wildman–Crippen LogP) is 2.03. The van der Waals surface area contributed by atoms with Gasteiger partial charge in [0.25, 0.3) is 0 Å². The molecule has 0 bridgehead atoms. The van der Waals surface area contributed by atoms with Crippen LogP contribution in [0.15, 0.2) is 12.4 Å².